The van der Waals surface area contributed by atoms with Crippen LogP contribution in [0.4, 0.5) is 0 Å². The molecule has 4 nitrogen and oxygen atoms in total. The van der Waals surface area contributed by atoms with E-state index in [0.29, 0.717) is 21.7 Å². The standard InChI is InChI=1S/C11H10ClNO3/c1-11(2,10(14)15)9-6-4-3-5-7(12)8(6)16-13-9/h3-5H,1-2H3,(H,14,15). The lowest BCUT2D eigenvalue weighted by atomic mass is 9.87. The lowest BCUT2D eigenvalue weighted by Gasteiger charge is -2.15. The van der Waals surface area contributed by atoms with E-state index >= 15 is 0 Å². The number of carboxylic acids is 1. The third-order valence-electron chi connectivity index (χ3n) is 2.58. The molecule has 0 bridgehead atoms. The van der Waals surface area contributed by atoms with Gasteiger partial charge in [-0.25, -0.2) is 0 Å². The monoisotopic (exact) mass is 239 g/mol. The molecule has 0 amide bonds. The average Bonchev–Trinajstić information content (AvgIpc) is 2.63. The van der Waals surface area contributed by atoms with Crippen molar-refractivity contribution in [2.24, 2.45) is 0 Å². The summed E-state index contributed by atoms with van der Waals surface area (Å²) in [6.07, 6.45) is 0. The highest BCUT2D eigenvalue weighted by Gasteiger charge is 2.35. The number of nitrogens with zero attached hydrogens (tertiary/aromatic N) is 1. The predicted molar refractivity (Wildman–Crippen MR) is 59.7 cm³/mol. The fraction of sp³-hybridized carbons (Fsp3) is 0.273. The number of benzene rings is 1. The molecule has 0 fully saturated rings. The third kappa shape index (κ3) is 1.46. The predicted octanol–water partition coefficient (Wildman–Crippen LogP) is 2.84. The number of rotatable bonds is 2. The Labute approximate surface area is 96.8 Å². The van der Waals surface area contributed by atoms with E-state index in [9.17, 15) is 4.79 Å². The van der Waals surface area contributed by atoms with Gasteiger partial charge in [-0.2, -0.15) is 0 Å². The molecule has 0 aliphatic rings. The zero-order valence-corrected chi connectivity index (χ0v) is 9.58. The zero-order chi connectivity index (χ0) is 11.9. The molecule has 0 spiro atoms. The number of aliphatic carboxylic acids is 1. The third-order valence-corrected chi connectivity index (χ3v) is 2.87. The molecule has 1 N–H and O–H groups in total. The smallest absolute Gasteiger partial charge is 0.315 e. The van der Waals surface area contributed by atoms with Crippen LogP contribution in [0.25, 0.3) is 11.0 Å². The van der Waals surface area contributed by atoms with Gasteiger partial charge in [-0.3, -0.25) is 4.79 Å². The maximum absolute atomic E-state index is 11.1. The summed E-state index contributed by atoms with van der Waals surface area (Å²) in [5.41, 5.74) is -0.290. The maximum atomic E-state index is 11.1. The molecule has 0 aliphatic heterocycles. The van der Waals surface area contributed by atoms with Gasteiger partial charge in [0.05, 0.1) is 5.02 Å². The molecule has 0 unspecified atom stereocenters. The van der Waals surface area contributed by atoms with Crippen LogP contribution >= 0.6 is 11.6 Å². The first kappa shape index (κ1) is 11.0. The van der Waals surface area contributed by atoms with Crippen LogP contribution in [0.3, 0.4) is 0 Å². The number of para-hydroxylation sites is 1. The summed E-state index contributed by atoms with van der Waals surface area (Å²) in [5.74, 6) is -0.956. The summed E-state index contributed by atoms with van der Waals surface area (Å²) in [7, 11) is 0. The average molecular weight is 240 g/mol. The molecule has 2 rings (SSSR count). The molecule has 0 saturated carbocycles. The number of aromatic nitrogens is 1. The van der Waals surface area contributed by atoms with Gasteiger partial charge in [0.25, 0.3) is 0 Å². The molecule has 5 heteroatoms. The van der Waals surface area contributed by atoms with Gasteiger partial charge in [0.2, 0.25) is 0 Å². The second-order valence-corrected chi connectivity index (χ2v) is 4.49. The van der Waals surface area contributed by atoms with Gasteiger partial charge in [0.1, 0.15) is 11.1 Å². The van der Waals surface area contributed by atoms with Gasteiger partial charge in [0, 0.05) is 5.39 Å². The minimum Gasteiger partial charge on any atom is -0.481 e. The molecular weight excluding hydrogens is 230 g/mol. The van der Waals surface area contributed by atoms with Gasteiger partial charge in [0.15, 0.2) is 5.58 Å². The Morgan fingerprint density at radius 2 is 2.19 bits per heavy atom. The van der Waals surface area contributed by atoms with Crippen molar-refractivity contribution >= 4 is 28.5 Å². The minimum absolute atomic E-state index is 0.387. The molecule has 2 aromatic rings. The first-order valence-corrected chi connectivity index (χ1v) is 5.10. The van der Waals surface area contributed by atoms with Crippen molar-refractivity contribution in [3.8, 4) is 0 Å². The quantitative estimate of drug-likeness (QED) is 0.875. The summed E-state index contributed by atoms with van der Waals surface area (Å²) in [5, 5.41) is 14.0. The van der Waals surface area contributed by atoms with Gasteiger partial charge in [-0.05, 0) is 26.0 Å². The van der Waals surface area contributed by atoms with Crippen molar-refractivity contribution in [3.63, 3.8) is 0 Å². The van der Waals surface area contributed by atoms with Crippen molar-refractivity contribution in [2.45, 2.75) is 19.3 Å². The molecule has 84 valence electrons. The summed E-state index contributed by atoms with van der Waals surface area (Å²) in [6, 6.07) is 5.16. The van der Waals surface area contributed by atoms with Crippen molar-refractivity contribution in [2.75, 3.05) is 0 Å². The van der Waals surface area contributed by atoms with E-state index in [1.165, 1.54) is 0 Å². The fourth-order valence-corrected chi connectivity index (χ4v) is 1.69. The summed E-state index contributed by atoms with van der Waals surface area (Å²) < 4.78 is 5.07. The lowest BCUT2D eigenvalue weighted by Crippen LogP contribution is -2.29. The van der Waals surface area contributed by atoms with E-state index in [1.54, 1.807) is 32.0 Å². The second-order valence-electron chi connectivity index (χ2n) is 4.08. The molecular formula is C11H10ClNO3. The van der Waals surface area contributed by atoms with Gasteiger partial charge in [-0.15, -0.1) is 0 Å². The van der Waals surface area contributed by atoms with E-state index in [4.69, 9.17) is 21.2 Å². The second kappa shape index (κ2) is 3.49. The van der Waals surface area contributed by atoms with Crippen molar-refractivity contribution in [3.05, 3.63) is 28.9 Å². The number of carbonyl (C=O) groups is 1. The topological polar surface area (TPSA) is 63.3 Å². The summed E-state index contributed by atoms with van der Waals surface area (Å²) >= 11 is 5.92. The number of carboxylic acid groups (broad SMARTS) is 1. The van der Waals surface area contributed by atoms with Crippen LogP contribution in [-0.4, -0.2) is 16.2 Å². The normalized spacial score (nSPS) is 11.9. The van der Waals surface area contributed by atoms with Crippen LogP contribution in [-0.2, 0) is 10.2 Å². The van der Waals surface area contributed by atoms with E-state index in [0.717, 1.165) is 0 Å². The Morgan fingerprint density at radius 3 is 2.81 bits per heavy atom. The Bertz CT molecular complexity index is 559. The SMILES string of the molecule is CC(C)(C(=O)O)c1noc2c(Cl)cccc12. The number of hydrogen-bond acceptors (Lipinski definition) is 3. The first-order valence-electron chi connectivity index (χ1n) is 4.72. The molecule has 16 heavy (non-hydrogen) atoms. The molecule has 0 aliphatic carbocycles. The van der Waals surface area contributed by atoms with Crippen LogP contribution in [0.5, 0.6) is 0 Å². The summed E-state index contributed by atoms with van der Waals surface area (Å²) in [6.45, 7) is 3.15. The van der Waals surface area contributed by atoms with E-state index in [1.807, 2.05) is 0 Å². The van der Waals surface area contributed by atoms with Crippen LogP contribution < -0.4 is 0 Å². The van der Waals surface area contributed by atoms with Crippen LogP contribution in [0.2, 0.25) is 5.02 Å². The van der Waals surface area contributed by atoms with Gasteiger partial charge >= 0.3 is 5.97 Å². The van der Waals surface area contributed by atoms with Crippen LogP contribution in [0.1, 0.15) is 19.5 Å². The Hall–Kier alpha value is -1.55. The van der Waals surface area contributed by atoms with Gasteiger partial charge < -0.3 is 9.63 Å². The number of hydrogen-bond donors (Lipinski definition) is 1. The highest BCUT2D eigenvalue weighted by Crippen LogP contribution is 2.32. The molecule has 0 saturated heterocycles. The summed E-state index contributed by atoms with van der Waals surface area (Å²) in [4.78, 5) is 11.1. The Balaban J connectivity index is 2.72. The van der Waals surface area contributed by atoms with Gasteiger partial charge in [-0.1, -0.05) is 22.8 Å². The molecule has 1 aromatic carbocycles. The highest BCUT2D eigenvalue weighted by molar-refractivity contribution is 6.34. The van der Waals surface area contributed by atoms with Crippen molar-refractivity contribution in [1.29, 1.82) is 0 Å². The van der Waals surface area contributed by atoms with Crippen molar-refractivity contribution < 1.29 is 14.4 Å². The number of fused-ring (bicyclic) bond motifs is 1. The Morgan fingerprint density at radius 1 is 1.50 bits per heavy atom. The lowest BCUT2D eigenvalue weighted by molar-refractivity contribution is -0.142. The highest BCUT2D eigenvalue weighted by atomic mass is 35.5. The molecule has 1 heterocycles. The first-order chi connectivity index (χ1) is 7.44. The molecule has 0 atom stereocenters. The van der Waals surface area contributed by atoms with E-state index in [2.05, 4.69) is 5.16 Å². The maximum Gasteiger partial charge on any atom is 0.315 e. The van der Waals surface area contributed by atoms with Crippen LogP contribution in [0, 0.1) is 0 Å². The number of halogens is 1. The van der Waals surface area contributed by atoms with Crippen molar-refractivity contribution in [1.82, 2.24) is 5.16 Å². The molecule has 1 aromatic heterocycles. The minimum atomic E-state index is -1.10. The van der Waals surface area contributed by atoms with Crippen LogP contribution in [0.15, 0.2) is 22.7 Å². The largest absolute Gasteiger partial charge is 0.481 e. The molecule has 0 radical (unpaired) electrons. The van der Waals surface area contributed by atoms with E-state index in [-0.39, 0.29) is 0 Å². The van der Waals surface area contributed by atoms with E-state index < -0.39 is 11.4 Å². The zero-order valence-electron chi connectivity index (χ0n) is 8.82. The fourth-order valence-electron chi connectivity index (χ4n) is 1.48. The Kier molecular flexibility index (Phi) is 2.39.